The van der Waals surface area contributed by atoms with Gasteiger partial charge in [-0.15, -0.1) is 16.4 Å². The van der Waals surface area contributed by atoms with E-state index in [-0.39, 0.29) is 41.1 Å². The van der Waals surface area contributed by atoms with E-state index in [1.807, 2.05) is 23.2 Å². The van der Waals surface area contributed by atoms with Crippen molar-refractivity contribution in [2.24, 2.45) is 18.9 Å². The summed E-state index contributed by atoms with van der Waals surface area (Å²) >= 11 is 1.57. The quantitative estimate of drug-likeness (QED) is 0.0861. The highest BCUT2D eigenvalue weighted by Gasteiger charge is 2.60. The van der Waals surface area contributed by atoms with Crippen molar-refractivity contribution in [2.75, 3.05) is 0 Å². The van der Waals surface area contributed by atoms with Crippen LogP contribution in [0.25, 0.3) is 0 Å². The number of carbonyl (C=O) groups is 2. The number of nitro benzene ring substituents is 1. The molecule has 0 aliphatic carbocycles. The third-order valence-corrected chi connectivity index (χ3v) is 9.29. The number of fused-ring (bicyclic) bond motifs is 2. The van der Waals surface area contributed by atoms with Crippen LogP contribution >= 0.6 is 11.8 Å². The lowest BCUT2D eigenvalue weighted by Crippen LogP contribution is -2.63. The van der Waals surface area contributed by atoms with Gasteiger partial charge in [-0.25, -0.2) is 17.8 Å². The number of halogens is 3. The Kier molecular flexibility index (Phi) is 8.92. The number of ether oxygens (including phenoxy) is 1. The molecule has 5 atom stereocenters. The molecule has 14 nitrogen and oxygen atoms in total. The second-order valence-electron chi connectivity index (χ2n) is 10.2. The maximum atomic E-state index is 13.3. The normalized spacial score (nSPS) is 23.6. The third kappa shape index (κ3) is 6.38. The van der Waals surface area contributed by atoms with Crippen molar-refractivity contribution in [3.8, 4) is 0 Å². The number of hydrogen-bond acceptors (Lipinski definition) is 11. The lowest BCUT2D eigenvalue weighted by Gasteiger charge is -2.46. The van der Waals surface area contributed by atoms with E-state index in [1.54, 1.807) is 25.0 Å². The molecule has 1 aromatic heterocycles. The van der Waals surface area contributed by atoms with E-state index in [0.717, 1.165) is 17.2 Å². The van der Waals surface area contributed by atoms with Crippen LogP contribution in [0.15, 0.2) is 41.2 Å². The minimum absolute atomic E-state index is 0.0470. The van der Waals surface area contributed by atoms with Gasteiger partial charge in [-0.3, -0.25) is 14.9 Å². The fourth-order valence-electron chi connectivity index (χ4n) is 5.18. The van der Waals surface area contributed by atoms with Gasteiger partial charge in [-0.1, -0.05) is 6.92 Å². The van der Waals surface area contributed by atoms with E-state index in [4.69, 9.17) is 17.7 Å². The average molecular weight is 650 g/mol. The number of aliphatic hydroxyl groups excluding tert-OH is 1. The molecule has 1 saturated heterocycles. The molecule has 19 heteroatoms. The van der Waals surface area contributed by atoms with Crippen molar-refractivity contribution >= 4 is 39.4 Å². The number of aliphatic hydroxyl groups is 1. The van der Waals surface area contributed by atoms with E-state index in [2.05, 4.69) is 5.10 Å². The molecule has 1 amide bonds. The number of β-lactam (4-membered cyclic amide) rings is 1. The summed E-state index contributed by atoms with van der Waals surface area (Å²) < 4.78 is 68.4. The number of thioether (sulfide) groups is 1. The summed E-state index contributed by atoms with van der Waals surface area (Å²) in [7, 11) is -4.14. The Hall–Kier alpha value is -3.55. The van der Waals surface area contributed by atoms with Crippen molar-refractivity contribution in [3.05, 3.63) is 62.7 Å². The number of hydrogen-bond donors (Lipinski definition) is 1. The van der Waals surface area contributed by atoms with Gasteiger partial charge in [0.05, 0.1) is 41.7 Å². The number of amides is 1. The molecule has 0 radical (unpaired) electrons. The highest BCUT2D eigenvalue weighted by molar-refractivity contribution is 8.03. The largest absolute Gasteiger partial charge is 0.741 e. The first-order chi connectivity index (χ1) is 19.9. The zero-order chi connectivity index (χ0) is 32.0. The van der Waals surface area contributed by atoms with E-state index in [1.165, 1.54) is 29.2 Å². The predicted octanol–water partition coefficient (Wildman–Crippen LogP) is 1.14. The Bertz CT molecular complexity index is 1580. The van der Waals surface area contributed by atoms with Gasteiger partial charge in [0.1, 0.15) is 18.8 Å². The SMILES string of the molecule is C[C@@H](O)[C@H]1C(=O)N2C(C(=O)OCc3ccc([N+](=O)[O-])cc3)=C(SC3Cc4n(nc[n+]4C)C3)[C@H](C)[C@H]12.O=S(=O)([O-])C(F)(F)F. The zero-order valence-electron chi connectivity index (χ0n) is 22.8. The van der Waals surface area contributed by atoms with Crippen LogP contribution in [-0.2, 0) is 51.1 Å². The number of nitrogens with zero attached hydrogens (tertiary/aromatic N) is 5. The molecule has 1 N–H and O–H groups in total. The molecule has 1 aromatic carbocycles. The topological polar surface area (TPSA) is 189 Å². The molecule has 43 heavy (non-hydrogen) atoms. The third-order valence-electron chi connectivity index (χ3n) is 7.25. The zero-order valence-corrected chi connectivity index (χ0v) is 24.4. The van der Waals surface area contributed by atoms with E-state index >= 15 is 0 Å². The Morgan fingerprint density at radius 3 is 2.44 bits per heavy atom. The Balaban J connectivity index is 0.000000467. The minimum atomic E-state index is -6.09. The number of benzene rings is 1. The second kappa shape index (κ2) is 11.9. The molecule has 234 valence electrons. The van der Waals surface area contributed by atoms with Crippen molar-refractivity contribution in [1.82, 2.24) is 14.7 Å². The van der Waals surface area contributed by atoms with Crippen molar-refractivity contribution in [1.29, 1.82) is 0 Å². The summed E-state index contributed by atoms with van der Waals surface area (Å²) in [5.74, 6) is -0.477. The Morgan fingerprint density at radius 2 is 1.93 bits per heavy atom. The fraction of sp³-hybridized carbons (Fsp3) is 0.500. The lowest BCUT2D eigenvalue weighted by molar-refractivity contribution is -0.679. The van der Waals surface area contributed by atoms with Crippen LogP contribution < -0.4 is 4.57 Å². The highest BCUT2D eigenvalue weighted by Crippen LogP contribution is 2.52. The molecule has 5 rings (SSSR count). The smallest absolute Gasteiger partial charge is 0.485 e. The van der Waals surface area contributed by atoms with Gasteiger partial charge in [-0.05, 0) is 24.6 Å². The number of esters is 1. The van der Waals surface area contributed by atoms with Crippen LogP contribution in [0.2, 0.25) is 0 Å². The fourth-order valence-corrected chi connectivity index (χ4v) is 6.63. The first-order valence-electron chi connectivity index (χ1n) is 12.7. The van der Waals surface area contributed by atoms with Gasteiger partial charge in [-0.2, -0.15) is 13.2 Å². The van der Waals surface area contributed by atoms with Crippen LogP contribution in [0.4, 0.5) is 18.9 Å². The molecule has 0 bridgehead atoms. The molecule has 1 fully saturated rings. The molecule has 2 aromatic rings. The molecule has 3 aliphatic rings. The molecule has 4 heterocycles. The van der Waals surface area contributed by atoms with Gasteiger partial charge in [0.2, 0.25) is 11.7 Å². The standard InChI is InChI=1S/C23H26N5O6S.CHF3O3S/c1-12-19-18(13(2)29)22(30)27(19)20(21(12)35-16-8-17-25(3)11-24-26(17)9-16)23(31)34-10-14-4-6-15(7-5-14)28(32)33;2-1(3,4)8(5,6)7/h4-7,11-13,16,18-19,29H,8-10H2,1-3H3;(H,5,6,7)/q+1;/p-1/t12-,13-,16?,18-,19-;/m1./s1. The van der Waals surface area contributed by atoms with Crippen LogP contribution in [0.3, 0.4) is 0 Å². The summed E-state index contributed by atoms with van der Waals surface area (Å²) in [6.07, 6.45) is 1.73. The molecule has 1 unspecified atom stereocenters. The molecule has 0 spiro atoms. The molecule has 3 aliphatic heterocycles. The first kappa shape index (κ1) is 32.4. The maximum absolute atomic E-state index is 13.3. The summed E-state index contributed by atoms with van der Waals surface area (Å²) in [5.41, 5.74) is -4.85. The van der Waals surface area contributed by atoms with Crippen molar-refractivity contribution < 1.29 is 55.1 Å². The monoisotopic (exact) mass is 649 g/mol. The number of aromatic nitrogens is 3. The lowest BCUT2D eigenvalue weighted by atomic mass is 9.79. The van der Waals surface area contributed by atoms with Gasteiger partial charge < -0.3 is 19.3 Å². The second-order valence-corrected chi connectivity index (χ2v) is 12.9. The van der Waals surface area contributed by atoms with E-state index in [0.29, 0.717) is 12.1 Å². The number of carbonyl (C=O) groups excluding carboxylic acids is 2. The van der Waals surface area contributed by atoms with Crippen LogP contribution in [0, 0.1) is 22.0 Å². The summed E-state index contributed by atoms with van der Waals surface area (Å²) in [6, 6.07) is 5.49. The molecular formula is C24H26F3N5O9S2. The minimum Gasteiger partial charge on any atom is -0.741 e. The van der Waals surface area contributed by atoms with Crippen molar-refractivity contribution in [2.45, 2.75) is 56.3 Å². The van der Waals surface area contributed by atoms with Crippen LogP contribution in [-0.4, -0.2) is 72.5 Å². The summed E-state index contributed by atoms with van der Waals surface area (Å²) in [5, 5.41) is 25.6. The number of alkyl halides is 3. The predicted molar refractivity (Wildman–Crippen MR) is 139 cm³/mol. The average Bonchev–Trinajstić information content (AvgIpc) is 3.53. The Labute approximate surface area is 247 Å². The Morgan fingerprint density at radius 1 is 1.33 bits per heavy atom. The van der Waals surface area contributed by atoms with Crippen LogP contribution in [0.1, 0.15) is 25.2 Å². The van der Waals surface area contributed by atoms with Crippen molar-refractivity contribution in [3.63, 3.8) is 0 Å². The van der Waals surface area contributed by atoms with Gasteiger partial charge in [0, 0.05) is 28.1 Å². The maximum Gasteiger partial charge on any atom is 0.485 e. The first-order valence-corrected chi connectivity index (χ1v) is 15.0. The van der Waals surface area contributed by atoms with Crippen LogP contribution in [0.5, 0.6) is 0 Å². The van der Waals surface area contributed by atoms with Gasteiger partial charge >= 0.3 is 11.5 Å². The van der Waals surface area contributed by atoms with Gasteiger partial charge in [0.25, 0.3) is 12.0 Å². The number of non-ortho nitro benzene ring substituents is 1. The molecule has 0 saturated carbocycles. The number of aryl methyl sites for hydroxylation is 1. The summed E-state index contributed by atoms with van der Waals surface area (Å²) in [6.45, 7) is 4.20. The number of nitro groups is 1. The van der Waals surface area contributed by atoms with Gasteiger partial charge in [0.15, 0.2) is 10.1 Å². The summed E-state index contributed by atoms with van der Waals surface area (Å²) in [4.78, 5) is 38.8. The highest BCUT2D eigenvalue weighted by atomic mass is 32.2. The molecular weight excluding hydrogens is 623 g/mol. The van der Waals surface area contributed by atoms with E-state index in [9.17, 15) is 38.0 Å². The van der Waals surface area contributed by atoms with E-state index < -0.39 is 38.5 Å². The number of rotatable bonds is 7.